The zero-order valence-corrected chi connectivity index (χ0v) is 16.5. The number of rotatable bonds is 3. The van der Waals surface area contributed by atoms with Crippen LogP contribution in [0, 0.1) is 0 Å². The first-order chi connectivity index (χ1) is 12.7. The molecule has 128 valence electrons. The number of hydrogen-bond donors (Lipinski definition) is 0. The molecular formula is C25H21Br. The fraction of sp³-hybridized carbons (Fsp3) is 0.200. The predicted octanol–water partition coefficient (Wildman–Crippen LogP) is 7.20. The summed E-state index contributed by atoms with van der Waals surface area (Å²) < 4.78 is 0. The van der Waals surface area contributed by atoms with Crippen molar-refractivity contribution in [2.45, 2.75) is 31.0 Å². The van der Waals surface area contributed by atoms with Crippen LogP contribution < -0.4 is 0 Å². The lowest BCUT2D eigenvalue weighted by Crippen LogP contribution is -2.05. The van der Waals surface area contributed by atoms with Gasteiger partial charge in [0.2, 0.25) is 0 Å². The van der Waals surface area contributed by atoms with Gasteiger partial charge in [0.25, 0.3) is 0 Å². The number of alkyl halides is 1. The van der Waals surface area contributed by atoms with Crippen molar-refractivity contribution < 1.29 is 0 Å². The van der Waals surface area contributed by atoms with Crippen LogP contribution in [0.1, 0.15) is 46.8 Å². The summed E-state index contributed by atoms with van der Waals surface area (Å²) in [6.07, 6.45) is 10.6. The summed E-state index contributed by atoms with van der Waals surface area (Å²) in [5, 5.41) is 0. The van der Waals surface area contributed by atoms with Gasteiger partial charge in [-0.05, 0) is 76.8 Å². The van der Waals surface area contributed by atoms with Gasteiger partial charge in [-0.3, -0.25) is 0 Å². The largest absolute Gasteiger partial charge is 0.0786 e. The molecular weight excluding hydrogens is 380 g/mol. The van der Waals surface area contributed by atoms with Crippen molar-refractivity contribution in [1.29, 1.82) is 0 Å². The maximum absolute atomic E-state index is 3.94. The molecule has 0 bridgehead atoms. The number of fused-ring (bicyclic) bond motifs is 3. The fourth-order valence-electron chi connectivity index (χ4n) is 4.49. The number of allylic oxidation sites excluding steroid dienone is 6. The van der Waals surface area contributed by atoms with Gasteiger partial charge in [0.05, 0.1) is 4.83 Å². The van der Waals surface area contributed by atoms with Gasteiger partial charge in [0, 0.05) is 0 Å². The molecule has 0 fully saturated rings. The minimum atomic E-state index is 0.307. The fourth-order valence-corrected chi connectivity index (χ4v) is 5.29. The molecule has 0 nitrogen and oxygen atoms in total. The van der Waals surface area contributed by atoms with Crippen LogP contribution in [0.4, 0.5) is 0 Å². The summed E-state index contributed by atoms with van der Waals surface area (Å²) in [5.74, 6) is 0. The van der Waals surface area contributed by atoms with Crippen LogP contribution >= 0.6 is 15.9 Å². The highest BCUT2D eigenvalue weighted by Crippen LogP contribution is 2.49. The van der Waals surface area contributed by atoms with E-state index in [9.17, 15) is 0 Å². The molecule has 0 spiro atoms. The van der Waals surface area contributed by atoms with E-state index in [2.05, 4.69) is 89.6 Å². The van der Waals surface area contributed by atoms with Crippen molar-refractivity contribution in [3.05, 3.63) is 105 Å². The maximum atomic E-state index is 3.94. The molecule has 3 aliphatic carbocycles. The summed E-state index contributed by atoms with van der Waals surface area (Å²) in [4.78, 5) is 0.307. The van der Waals surface area contributed by atoms with Crippen LogP contribution in [-0.4, -0.2) is 0 Å². The lowest BCUT2D eigenvalue weighted by atomic mass is 9.85. The van der Waals surface area contributed by atoms with E-state index in [1.807, 2.05) is 0 Å². The topological polar surface area (TPSA) is 0 Å². The lowest BCUT2D eigenvalue weighted by molar-refractivity contribution is 0.907. The van der Waals surface area contributed by atoms with Gasteiger partial charge in [-0.15, -0.1) is 0 Å². The molecule has 1 unspecified atom stereocenters. The van der Waals surface area contributed by atoms with Crippen molar-refractivity contribution in [3.63, 3.8) is 0 Å². The van der Waals surface area contributed by atoms with Gasteiger partial charge >= 0.3 is 0 Å². The third-order valence-corrected chi connectivity index (χ3v) is 6.84. The van der Waals surface area contributed by atoms with Gasteiger partial charge in [-0.1, -0.05) is 82.2 Å². The number of benzene rings is 2. The second-order valence-electron chi connectivity index (χ2n) is 7.49. The molecule has 0 radical (unpaired) electrons. The first-order valence-corrected chi connectivity index (χ1v) is 10.3. The quantitative estimate of drug-likeness (QED) is 0.477. The van der Waals surface area contributed by atoms with E-state index in [-0.39, 0.29) is 0 Å². The van der Waals surface area contributed by atoms with Crippen LogP contribution in [0.5, 0.6) is 0 Å². The Kier molecular flexibility index (Phi) is 3.86. The molecule has 0 saturated carbocycles. The molecule has 0 amide bonds. The Morgan fingerprint density at radius 3 is 2.50 bits per heavy atom. The third-order valence-electron chi connectivity index (χ3n) is 5.85. The highest BCUT2D eigenvalue weighted by Gasteiger charge is 2.30. The standard InChI is InChI=1S/C25H21Br/c1-16-12-24-23(15-20-8-4-5-9-22(20)25(24)26)21(16)11-10-17-13-18-6-2-3-7-19(18)14-17/h2-9,12-13,15,25H,10-11,14H2,1H3. The Hall–Kier alpha value is -2.12. The van der Waals surface area contributed by atoms with Gasteiger partial charge < -0.3 is 0 Å². The molecule has 5 rings (SSSR count). The van der Waals surface area contributed by atoms with Gasteiger partial charge in [0.1, 0.15) is 0 Å². The first kappa shape index (κ1) is 16.1. The van der Waals surface area contributed by atoms with Crippen LogP contribution in [0.2, 0.25) is 0 Å². The summed E-state index contributed by atoms with van der Waals surface area (Å²) in [7, 11) is 0. The van der Waals surface area contributed by atoms with Crippen LogP contribution in [0.25, 0.3) is 12.2 Å². The maximum Gasteiger partial charge on any atom is 0.0656 e. The van der Waals surface area contributed by atoms with Crippen LogP contribution in [0.15, 0.2) is 82.5 Å². The Bertz CT molecular complexity index is 1030. The van der Waals surface area contributed by atoms with E-state index in [4.69, 9.17) is 0 Å². The van der Waals surface area contributed by atoms with Crippen molar-refractivity contribution in [2.24, 2.45) is 0 Å². The smallest absolute Gasteiger partial charge is 0.0656 e. The minimum absolute atomic E-state index is 0.307. The Morgan fingerprint density at radius 1 is 0.885 bits per heavy atom. The highest BCUT2D eigenvalue weighted by molar-refractivity contribution is 9.09. The molecule has 2 aromatic rings. The molecule has 0 saturated heterocycles. The average molecular weight is 401 g/mol. The highest BCUT2D eigenvalue weighted by atomic mass is 79.9. The molecule has 0 N–H and O–H groups in total. The van der Waals surface area contributed by atoms with Gasteiger partial charge in [-0.2, -0.15) is 0 Å². The second kappa shape index (κ2) is 6.25. The third kappa shape index (κ3) is 2.57. The predicted molar refractivity (Wildman–Crippen MR) is 114 cm³/mol. The summed E-state index contributed by atoms with van der Waals surface area (Å²) in [5.41, 5.74) is 13.0. The van der Waals surface area contributed by atoms with Crippen molar-refractivity contribution in [2.75, 3.05) is 0 Å². The molecule has 0 aromatic heterocycles. The van der Waals surface area contributed by atoms with Crippen molar-refractivity contribution >= 4 is 28.1 Å². The van der Waals surface area contributed by atoms with E-state index in [0.29, 0.717) is 4.83 Å². The Morgan fingerprint density at radius 2 is 1.65 bits per heavy atom. The monoisotopic (exact) mass is 400 g/mol. The number of hydrogen-bond acceptors (Lipinski definition) is 0. The van der Waals surface area contributed by atoms with E-state index in [1.54, 1.807) is 5.57 Å². The molecule has 26 heavy (non-hydrogen) atoms. The first-order valence-electron chi connectivity index (χ1n) is 9.35. The van der Waals surface area contributed by atoms with Gasteiger partial charge in [-0.25, -0.2) is 0 Å². The molecule has 0 aliphatic heterocycles. The molecule has 1 atom stereocenters. The van der Waals surface area contributed by atoms with E-state index < -0.39 is 0 Å². The summed E-state index contributed by atoms with van der Waals surface area (Å²) >= 11 is 3.94. The van der Waals surface area contributed by atoms with Gasteiger partial charge in [0.15, 0.2) is 0 Å². The van der Waals surface area contributed by atoms with E-state index in [1.165, 1.54) is 44.5 Å². The van der Waals surface area contributed by atoms with Crippen LogP contribution in [-0.2, 0) is 6.42 Å². The Balaban J connectivity index is 1.40. The van der Waals surface area contributed by atoms with Crippen molar-refractivity contribution in [3.8, 4) is 0 Å². The second-order valence-corrected chi connectivity index (χ2v) is 8.40. The van der Waals surface area contributed by atoms with Crippen LogP contribution in [0.3, 0.4) is 0 Å². The molecule has 3 aliphatic rings. The average Bonchev–Trinajstić information content (AvgIpc) is 3.21. The summed E-state index contributed by atoms with van der Waals surface area (Å²) in [6.45, 7) is 2.27. The SMILES string of the molecule is CC1=C(CCC2=Cc3ccccc3C2)C2=Cc3ccccc3C(Br)C2=C1. The molecule has 1 heteroatoms. The lowest BCUT2D eigenvalue weighted by Gasteiger charge is -2.23. The molecule has 2 aromatic carbocycles. The van der Waals surface area contributed by atoms with E-state index >= 15 is 0 Å². The number of halogens is 1. The molecule has 0 heterocycles. The zero-order valence-electron chi connectivity index (χ0n) is 14.9. The zero-order chi connectivity index (χ0) is 17.7. The van der Waals surface area contributed by atoms with Crippen molar-refractivity contribution in [1.82, 2.24) is 0 Å². The van der Waals surface area contributed by atoms with E-state index in [0.717, 1.165) is 19.3 Å². The summed E-state index contributed by atoms with van der Waals surface area (Å²) in [6, 6.07) is 17.5. The Labute approximate surface area is 163 Å². The normalized spacial score (nSPS) is 20.2. The minimum Gasteiger partial charge on any atom is -0.0786 e.